The smallest absolute Gasteiger partial charge is 0.194 e. The topological polar surface area (TPSA) is 17.1 Å². The number of rotatable bonds is 1. The van der Waals surface area contributed by atoms with E-state index in [-0.39, 0.29) is 5.43 Å². The minimum absolute atomic E-state index is 0.0396. The lowest BCUT2D eigenvalue weighted by molar-refractivity contribution is 1.61. The van der Waals surface area contributed by atoms with E-state index in [1.165, 1.54) is 0 Å². The van der Waals surface area contributed by atoms with Gasteiger partial charge in [-0.05, 0) is 34.5 Å². The Kier molecular flexibility index (Phi) is 3.07. The van der Waals surface area contributed by atoms with E-state index >= 15 is 0 Å². The van der Waals surface area contributed by atoms with Crippen molar-refractivity contribution in [1.82, 2.24) is 0 Å². The molecule has 0 heterocycles. The van der Waals surface area contributed by atoms with E-state index in [2.05, 4.69) is 0 Å². The molecule has 0 atom stereocenters. The van der Waals surface area contributed by atoms with Crippen molar-refractivity contribution in [2.24, 2.45) is 0 Å². The van der Waals surface area contributed by atoms with Crippen LogP contribution >= 0.6 is 23.2 Å². The third kappa shape index (κ3) is 1.98. The molecule has 0 saturated carbocycles. The van der Waals surface area contributed by atoms with Gasteiger partial charge in [0.25, 0.3) is 0 Å². The Morgan fingerprint density at radius 3 is 2.32 bits per heavy atom. The van der Waals surface area contributed by atoms with Crippen molar-refractivity contribution in [2.75, 3.05) is 0 Å². The monoisotopic (exact) mass is 324 g/mol. The van der Waals surface area contributed by atoms with Gasteiger partial charge in [0.1, 0.15) is 0 Å². The van der Waals surface area contributed by atoms with Crippen molar-refractivity contribution in [1.29, 1.82) is 0 Å². The maximum Gasteiger partial charge on any atom is 0.194 e. The summed E-state index contributed by atoms with van der Waals surface area (Å²) in [7, 11) is 0. The van der Waals surface area contributed by atoms with Crippen LogP contribution in [0.5, 0.6) is 0 Å². The van der Waals surface area contributed by atoms with Gasteiger partial charge in [0.2, 0.25) is 0 Å². The number of benzene rings is 3. The van der Waals surface area contributed by atoms with Crippen molar-refractivity contribution >= 4 is 50.8 Å². The van der Waals surface area contributed by atoms with Crippen LogP contribution in [-0.2, 0) is 0 Å². The second-order valence-corrected chi connectivity index (χ2v) is 6.11. The first-order chi connectivity index (χ1) is 10.6. The van der Waals surface area contributed by atoms with Crippen LogP contribution in [0.3, 0.4) is 0 Å². The first-order valence-corrected chi connectivity index (χ1v) is 7.64. The largest absolute Gasteiger partial charge is 0.289 e. The Hall–Kier alpha value is -2.09. The fraction of sp³-hybridized carbons (Fsp3) is 0. The van der Waals surface area contributed by atoms with Crippen LogP contribution in [-0.4, -0.2) is 0 Å². The highest BCUT2D eigenvalue weighted by Crippen LogP contribution is 2.24. The van der Waals surface area contributed by atoms with Gasteiger partial charge in [-0.3, -0.25) is 4.79 Å². The van der Waals surface area contributed by atoms with E-state index < -0.39 is 0 Å². The molecule has 0 amide bonds. The third-order valence-corrected chi connectivity index (χ3v) is 4.51. The Balaban J connectivity index is 2.15. The van der Waals surface area contributed by atoms with E-state index in [9.17, 15) is 4.79 Å². The molecule has 0 fully saturated rings. The summed E-state index contributed by atoms with van der Waals surface area (Å²) in [5.41, 5.74) is 0.831. The van der Waals surface area contributed by atoms with Crippen LogP contribution in [0.1, 0.15) is 5.56 Å². The average molecular weight is 325 g/mol. The number of hydrogen-bond donors (Lipinski definition) is 0. The SMILES string of the molecule is O=c1/c(=C/c2ccc(Cl)cc2Cl)c2cccc3cccc1c32. The van der Waals surface area contributed by atoms with E-state index in [0.717, 1.165) is 27.1 Å². The summed E-state index contributed by atoms with van der Waals surface area (Å²) in [6, 6.07) is 17.1. The highest BCUT2D eigenvalue weighted by molar-refractivity contribution is 6.35. The third-order valence-electron chi connectivity index (χ3n) is 3.95. The molecule has 0 saturated heterocycles. The van der Waals surface area contributed by atoms with Crippen molar-refractivity contribution in [2.45, 2.75) is 0 Å². The summed E-state index contributed by atoms with van der Waals surface area (Å²) in [5, 5.41) is 5.61. The zero-order valence-corrected chi connectivity index (χ0v) is 12.9. The van der Waals surface area contributed by atoms with Crippen LogP contribution in [0, 0.1) is 0 Å². The second kappa shape index (κ2) is 4.98. The Bertz CT molecular complexity index is 1110. The summed E-state index contributed by atoms with van der Waals surface area (Å²) in [6.45, 7) is 0. The van der Waals surface area contributed by atoms with E-state index in [4.69, 9.17) is 23.2 Å². The average Bonchev–Trinajstić information content (AvgIpc) is 2.78. The molecule has 106 valence electrons. The molecule has 0 N–H and O–H groups in total. The molecule has 0 aliphatic rings. The van der Waals surface area contributed by atoms with Crippen LogP contribution in [0.4, 0.5) is 0 Å². The zero-order chi connectivity index (χ0) is 15.3. The van der Waals surface area contributed by atoms with Gasteiger partial charge in [0.05, 0.1) is 0 Å². The number of hydrogen-bond acceptors (Lipinski definition) is 1. The lowest BCUT2D eigenvalue weighted by Crippen LogP contribution is -2.19. The van der Waals surface area contributed by atoms with Gasteiger partial charge in [-0.1, -0.05) is 65.7 Å². The maximum absolute atomic E-state index is 12.7. The van der Waals surface area contributed by atoms with Crippen LogP contribution < -0.4 is 10.6 Å². The van der Waals surface area contributed by atoms with Crippen molar-refractivity contribution in [3.8, 4) is 0 Å². The lowest BCUT2D eigenvalue weighted by Gasteiger charge is -1.98. The Morgan fingerprint density at radius 2 is 1.59 bits per heavy atom. The quantitative estimate of drug-likeness (QED) is 0.498. The fourth-order valence-electron chi connectivity index (χ4n) is 2.94. The first kappa shape index (κ1) is 13.6. The zero-order valence-electron chi connectivity index (χ0n) is 11.4. The van der Waals surface area contributed by atoms with E-state index in [0.29, 0.717) is 15.3 Å². The standard InChI is InChI=1S/C19H10Cl2O/c20-13-8-7-12(17(21)10-13)9-16-14-5-1-3-11-4-2-6-15(18(11)14)19(16)22/h1-10H/b16-9+. The predicted molar refractivity (Wildman–Crippen MR) is 94.2 cm³/mol. The molecule has 22 heavy (non-hydrogen) atoms. The molecule has 0 bridgehead atoms. The summed E-state index contributed by atoms with van der Waals surface area (Å²) in [6.07, 6.45) is 1.84. The first-order valence-electron chi connectivity index (χ1n) is 6.89. The number of halogens is 2. The van der Waals surface area contributed by atoms with Gasteiger partial charge in [0, 0.05) is 26.0 Å². The molecule has 1 nitrogen and oxygen atoms in total. The summed E-state index contributed by atoms with van der Waals surface area (Å²) in [5.74, 6) is 0. The molecule has 4 rings (SSSR count). The van der Waals surface area contributed by atoms with Crippen molar-refractivity contribution in [3.63, 3.8) is 0 Å². The minimum atomic E-state index is 0.0396. The normalized spacial score (nSPS) is 12.5. The van der Waals surface area contributed by atoms with Gasteiger partial charge < -0.3 is 0 Å². The molecule has 0 spiro atoms. The molecule has 0 aliphatic heterocycles. The van der Waals surface area contributed by atoms with Gasteiger partial charge >= 0.3 is 0 Å². The van der Waals surface area contributed by atoms with Gasteiger partial charge in [0.15, 0.2) is 5.43 Å². The fourth-order valence-corrected chi connectivity index (χ4v) is 3.40. The summed E-state index contributed by atoms with van der Waals surface area (Å²) >= 11 is 12.2. The molecule has 0 unspecified atom stereocenters. The second-order valence-electron chi connectivity index (χ2n) is 5.26. The highest BCUT2D eigenvalue weighted by Gasteiger charge is 2.10. The van der Waals surface area contributed by atoms with Gasteiger partial charge in [-0.2, -0.15) is 0 Å². The van der Waals surface area contributed by atoms with Crippen molar-refractivity contribution in [3.05, 3.63) is 85.6 Å². The van der Waals surface area contributed by atoms with Gasteiger partial charge in [-0.15, -0.1) is 0 Å². The Morgan fingerprint density at radius 1 is 0.864 bits per heavy atom. The molecular weight excluding hydrogens is 315 g/mol. The minimum Gasteiger partial charge on any atom is -0.289 e. The van der Waals surface area contributed by atoms with Crippen LogP contribution in [0.2, 0.25) is 10.0 Å². The molecule has 3 heteroatoms. The Labute approximate surface area is 136 Å². The molecule has 0 aromatic heterocycles. The summed E-state index contributed by atoms with van der Waals surface area (Å²) in [4.78, 5) is 12.7. The van der Waals surface area contributed by atoms with Gasteiger partial charge in [-0.25, -0.2) is 0 Å². The predicted octanol–water partition coefficient (Wildman–Crippen LogP) is 4.65. The molecule has 4 aromatic rings. The summed E-state index contributed by atoms with van der Waals surface area (Å²) < 4.78 is 0. The lowest BCUT2D eigenvalue weighted by atomic mass is 10.1. The molecule has 0 aliphatic carbocycles. The molecule has 4 aromatic carbocycles. The van der Waals surface area contributed by atoms with E-state index in [1.807, 2.05) is 48.5 Å². The highest BCUT2D eigenvalue weighted by atomic mass is 35.5. The molecule has 0 radical (unpaired) electrons. The van der Waals surface area contributed by atoms with Crippen molar-refractivity contribution < 1.29 is 0 Å². The molecular formula is C19H10Cl2O. The van der Waals surface area contributed by atoms with Crippen LogP contribution in [0.25, 0.3) is 27.6 Å². The maximum atomic E-state index is 12.7. The van der Waals surface area contributed by atoms with Crippen LogP contribution in [0.15, 0.2) is 59.4 Å². The van der Waals surface area contributed by atoms with E-state index in [1.54, 1.807) is 12.1 Å².